The molecule has 0 unspecified atom stereocenters. The van der Waals surface area contributed by atoms with E-state index in [0.717, 1.165) is 4.88 Å². The molecule has 0 N–H and O–H groups in total. The number of carbonyl (C=O) groups excluding carboxylic acids is 1. The molecule has 0 bridgehead atoms. The molecule has 10 heteroatoms. The molecule has 3 heterocycles. The molecule has 1 aromatic carbocycles. The second kappa shape index (κ2) is 8.42. The Kier molecular flexibility index (Phi) is 5.74. The fraction of sp³-hybridized carbons (Fsp3) is 0.278. The average molecular weight is 438 g/mol. The number of hydrogen-bond acceptors (Lipinski definition) is 8. The number of carbonyl (C=O) groups is 1. The van der Waals surface area contributed by atoms with E-state index in [2.05, 4.69) is 10.2 Å². The molecule has 0 saturated carbocycles. The number of halogens is 1. The zero-order valence-electron chi connectivity index (χ0n) is 14.8. The van der Waals surface area contributed by atoms with Gasteiger partial charge in [-0.2, -0.15) is 0 Å². The van der Waals surface area contributed by atoms with Gasteiger partial charge in [0.15, 0.2) is 11.5 Å². The van der Waals surface area contributed by atoms with E-state index in [9.17, 15) is 4.79 Å². The highest BCUT2D eigenvalue weighted by Crippen LogP contribution is 2.36. The number of thiophene rings is 1. The highest BCUT2D eigenvalue weighted by molar-refractivity contribution is 7.99. The summed E-state index contributed by atoms with van der Waals surface area (Å²) in [6.07, 6.45) is -0.473. The fourth-order valence-electron chi connectivity index (χ4n) is 2.54. The Bertz CT molecular complexity index is 977. The summed E-state index contributed by atoms with van der Waals surface area (Å²) in [5.41, 5.74) is 0. The number of para-hydroxylation sites is 2. The van der Waals surface area contributed by atoms with Crippen LogP contribution in [0.3, 0.4) is 0 Å². The van der Waals surface area contributed by atoms with Crippen LogP contribution in [-0.4, -0.2) is 40.4 Å². The van der Waals surface area contributed by atoms with Crippen molar-refractivity contribution in [3.63, 3.8) is 0 Å². The number of hydrogen-bond donors (Lipinski definition) is 0. The molecule has 146 valence electrons. The number of nitrogens with zero attached hydrogens (tertiary/aromatic N) is 3. The van der Waals surface area contributed by atoms with Crippen LogP contribution >= 0.6 is 34.7 Å². The predicted molar refractivity (Wildman–Crippen MR) is 106 cm³/mol. The number of thioether (sulfide) groups is 1. The van der Waals surface area contributed by atoms with Crippen molar-refractivity contribution in [3.8, 4) is 11.5 Å². The van der Waals surface area contributed by atoms with Crippen molar-refractivity contribution >= 4 is 40.6 Å². The zero-order chi connectivity index (χ0) is 19.5. The average Bonchev–Trinajstić information content (AvgIpc) is 3.34. The lowest BCUT2D eigenvalue weighted by Gasteiger charge is -2.23. The van der Waals surface area contributed by atoms with Crippen LogP contribution in [0, 0.1) is 0 Å². The van der Waals surface area contributed by atoms with E-state index >= 15 is 0 Å². The maximum absolute atomic E-state index is 12.3. The summed E-state index contributed by atoms with van der Waals surface area (Å²) < 4.78 is 17.9. The van der Waals surface area contributed by atoms with Gasteiger partial charge in [0.05, 0.1) is 16.6 Å². The van der Waals surface area contributed by atoms with Crippen molar-refractivity contribution in [2.45, 2.75) is 17.9 Å². The number of aromatic nitrogens is 2. The summed E-state index contributed by atoms with van der Waals surface area (Å²) in [7, 11) is 1.75. The molecule has 2 aromatic heterocycles. The van der Waals surface area contributed by atoms with Gasteiger partial charge in [-0.15, -0.1) is 21.5 Å². The Balaban J connectivity index is 1.31. The van der Waals surface area contributed by atoms with Crippen LogP contribution in [0.2, 0.25) is 4.34 Å². The normalized spacial score (nSPS) is 15.4. The topological polar surface area (TPSA) is 77.7 Å². The first-order valence-electron chi connectivity index (χ1n) is 8.41. The summed E-state index contributed by atoms with van der Waals surface area (Å²) in [4.78, 5) is 15.0. The molecule has 7 nitrogen and oxygen atoms in total. The lowest BCUT2D eigenvalue weighted by molar-refractivity contribution is -0.127. The van der Waals surface area contributed by atoms with Crippen molar-refractivity contribution in [3.05, 3.63) is 51.5 Å². The Morgan fingerprint density at radius 1 is 1.29 bits per heavy atom. The van der Waals surface area contributed by atoms with Crippen LogP contribution in [0.5, 0.6) is 11.5 Å². The highest BCUT2D eigenvalue weighted by Gasteiger charge is 2.27. The number of rotatable bonds is 6. The second-order valence-corrected chi connectivity index (χ2v) is 8.74. The molecule has 28 heavy (non-hydrogen) atoms. The van der Waals surface area contributed by atoms with E-state index in [1.54, 1.807) is 11.9 Å². The molecule has 0 saturated heterocycles. The molecule has 0 spiro atoms. The van der Waals surface area contributed by atoms with Gasteiger partial charge in [-0.1, -0.05) is 35.5 Å². The van der Waals surface area contributed by atoms with Gasteiger partial charge in [-0.05, 0) is 24.3 Å². The Hall–Kier alpha value is -2.23. The molecule has 1 aliphatic rings. The van der Waals surface area contributed by atoms with Crippen LogP contribution < -0.4 is 9.47 Å². The monoisotopic (exact) mass is 437 g/mol. The third kappa shape index (κ3) is 4.43. The maximum Gasteiger partial charge on any atom is 0.277 e. The van der Waals surface area contributed by atoms with E-state index in [-0.39, 0.29) is 18.3 Å². The van der Waals surface area contributed by atoms with Gasteiger partial charge in [-0.25, -0.2) is 0 Å². The van der Waals surface area contributed by atoms with Crippen molar-refractivity contribution < 1.29 is 18.7 Å². The Morgan fingerprint density at radius 3 is 2.89 bits per heavy atom. The van der Waals surface area contributed by atoms with Crippen molar-refractivity contribution in [1.29, 1.82) is 0 Å². The lowest BCUT2D eigenvalue weighted by Crippen LogP contribution is -2.27. The minimum absolute atomic E-state index is 0.0413. The summed E-state index contributed by atoms with van der Waals surface area (Å²) in [5.74, 6) is 1.80. The van der Waals surface area contributed by atoms with Gasteiger partial charge in [0.2, 0.25) is 12.0 Å². The molecule has 0 fully saturated rings. The van der Waals surface area contributed by atoms with E-state index < -0.39 is 6.10 Å². The molecule has 1 atom stereocenters. The summed E-state index contributed by atoms with van der Waals surface area (Å²) in [5, 5.41) is 8.33. The molecule has 1 aliphatic heterocycles. The Labute approximate surface area is 174 Å². The minimum atomic E-state index is -0.473. The number of ether oxygens (including phenoxy) is 2. The maximum atomic E-state index is 12.3. The molecular formula is C18H16ClN3O4S2. The van der Waals surface area contributed by atoms with Gasteiger partial charge in [0.25, 0.3) is 11.1 Å². The van der Waals surface area contributed by atoms with Crippen molar-refractivity contribution in [2.24, 2.45) is 0 Å². The molecule has 0 radical (unpaired) electrons. The summed E-state index contributed by atoms with van der Waals surface area (Å²) >= 11 is 8.58. The van der Waals surface area contributed by atoms with Crippen LogP contribution in [-0.2, 0) is 11.3 Å². The van der Waals surface area contributed by atoms with Crippen LogP contribution in [0.15, 0.2) is 46.0 Å². The minimum Gasteiger partial charge on any atom is -0.485 e. The van der Waals surface area contributed by atoms with Gasteiger partial charge >= 0.3 is 0 Å². The third-order valence-electron chi connectivity index (χ3n) is 3.97. The van der Waals surface area contributed by atoms with E-state index in [0.29, 0.717) is 33.5 Å². The van der Waals surface area contributed by atoms with E-state index in [4.69, 9.17) is 25.5 Å². The second-order valence-electron chi connectivity index (χ2n) is 6.01. The predicted octanol–water partition coefficient (Wildman–Crippen LogP) is 4.05. The van der Waals surface area contributed by atoms with Gasteiger partial charge < -0.3 is 18.8 Å². The van der Waals surface area contributed by atoms with Gasteiger partial charge in [0.1, 0.15) is 6.61 Å². The van der Waals surface area contributed by atoms with Crippen LogP contribution in [0.4, 0.5) is 0 Å². The highest BCUT2D eigenvalue weighted by atomic mass is 35.5. The van der Waals surface area contributed by atoms with E-state index in [1.807, 2.05) is 36.4 Å². The number of amides is 1. The molecule has 0 aliphatic carbocycles. The smallest absolute Gasteiger partial charge is 0.277 e. The zero-order valence-corrected chi connectivity index (χ0v) is 17.2. The van der Waals surface area contributed by atoms with Gasteiger partial charge in [0, 0.05) is 11.9 Å². The van der Waals surface area contributed by atoms with Crippen molar-refractivity contribution in [2.75, 3.05) is 19.4 Å². The van der Waals surface area contributed by atoms with Crippen LogP contribution in [0.1, 0.15) is 16.9 Å². The molecule has 1 amide bonds. The lowest BCUT2D eigenvalue weighted by atomic mass is 10.2. The number of benzene rings is 1. The number of fused-ring (bicyclic) bond motifs is 1. The van der Waals surface area contributed by atoms with Crippen molar-refractivity contribution in [1.82, 2.24) is 15.1 Å². The molecule has 3 aromatic rings. The third-order valence-corrected chi connectivity index (χ3v) is 5.99. The fourth-order valence-corrected chi connectivity index (χ4v) is 4.39. The van der Waals surface area contributed by atoms with Gasteiger partial charge in [-0.3, -0.25) is 4.79 Å². The summed E-state index contributed by atoms with van der Waals surface area (Å²) in [6.45, 7) is 0.798. The first-order chi connectivity index (χ1) is 13.6. The van der Waals surface area contributed by atoms with E-state index in [1.165, 1.54) is 23.1 Å². The first-order valence-corrected chi connectivity index (χ1v) is 10.6. The largest absolute Gasteiger partial charge is 0.485 e. The standard InChI is InChI=1S/C18H16ClN3O4S2/c1-22(8-11-6-7-15(19)28-11)16(23)10-27-18-21-20-17(26-18)14-9-24-12-4-2-3-5-13(12)25-14/h2-7,14H,8-10H2,1H3/t14-/m1/s1. The quantitative estimate of drug-likeness (QED) is 0.538. The molecular weight excluding hydrogens is 422 g/mol. The molecule has 4 rings (SSSR count). The SMILES string of the molecule is CN(Cc1ccc(Cl)s1)C(=O)CSc1nnc([C@H]2COc3ccccc3O2)o1. The summed E-state index contributed by atoms with van der Waals surface area (Å²) in [6, 6.07) is 11.1. The first kappa shape index (κ1) is 19.1. The Morgan fingerprint density at radius 2 is 2.11 bits per heavy atom. The van der Waals surface area contributed by atoms with Crippen LogP contribution in [0.25, 0.3) is 0 Å².